The maximum Gasteiger partial charge on any atom is 0.475 e. The van der Waals surface area contributed by atoms with E-state index in [9.17, 15) is 14.2 Å². The molecule has 1 atom stereocenters. The van der Waals surface area contributed by atoms with E-state index in [0.717, 1.165) is 42.5 Å². The first-order valence-corrected chi connectivity index (χ1v) is 18.0. The fourth-order valence-electron chi connectivity index (χ4n) is 4.97. The number of carbonyl (C=O) groups excluding carboxylic acids is 2. The third-order valence-electron chi connectivity index (χ3n) is 7.47. The summed E-state index contributed by atoms with van der Waals surface area (Å²) in [5, 5.41) is 5.28. The monoisotopic (exact) mass is 711 g/mol. The van der Waals surface area contributed by atoms with Crippen molar-refractivity contribution >= 4 is 48.0 Å². The summed E-state index contributed by atoms with van der Waals surface area (Å²) in [5.41, 5.74) is 3.25. The lowest BCUT2D eigenvalue weighted by atomic mass is 10.1. The Kier molecular flexibility index (Phi) is 14.6. The second-order valence-corrected chi connectivity index (χ2v) is 13.5. The summed E-state index contributed by atoms with van der Waals surface area (Å²) in [4.78, 5) is 29.1. The number of carbonyl (C=O) groups is 2. The van der Waals surface area contributed by atoms with Gasteiger partial charge in [-0.2, -0.15) is 0 Å². The van der Waals surface area contributed by atoms with Crippen LogP contribution < -0.4 is 14.8 Å². The van der Waals surface area contributed by atoms with Crippen molar-refractivity contribution in [3.05, 3.63) is 95.1 Å². The van der Waals surface area contributed by atoms with E-state index in [1.54, 1.807) is 54.7 Å². The summed E-state index contributed by atoms with van der Waals surface area (Å²) in [6.07, 6.45) is 3.65. The second kappa shape index (κ2) is 18.8. The van der Waals surface area contributed by atoms with Crippen LogP contribution in [-0.4, -0.2) is 54.1 Å². The molecule has 11 nitrogen and oxygen atoms in total. The number of nitrogens with one attached hydrogen (secondary N) is 1. The van der Waals surface area contributed by atoms with Gasteiger partial charge in [0.05, 0.1) is 25.3 Å². The summed E-state index contributed by atoms with van der Waals surface area (Å²) in [7, 11) is -4.01. The number of esters is 2. The summed E-state index contributed by atoms with van der Waals surface area (Å²) in [6, 6.07) is 21.2. The van der Waals surface area contributed by atoms with Gasteiger partial charge in [0.2, 0.25) is 0 Å². The van der Waals surface area contributed by atoms with Gasteiger partial charge in [-0.15, -0.1) is 0 Å². The SMILES string of the molecule is CCN(CCC[C@H](C)Nc1ccnc2cc(Cl)ccc12)CCOP(=O)(OCc1ccc(OC(C)=O)cc1)OCc1ccc(OC(C)=O)cc1. The minimum atomic E-state index is -4.01. The molecule has 1 aromatic heterocycles. The summed E-state index contributed by atoms with van der Waals surface area (Å²) < 4.78 is 41.3. The van der Waals surface area contributed by atoms with E-state index in [4.69, 9.17) is 34.6 Å². The van der Waals surface area contributed by atoms with Crippen LogP contribution in [-0.2, 0) is 40.9 Å². The standard InChI is InChI=1S/C36H43ClN3O8P/c1-5-40(20-6-7-26(2)39-35-18-19-38-36-23-31(37)12-17-34(35)36)21-22-44-49(43,45-24-29-8-13-32(14-9-29)47-27(3)41)46-25-30-10-15-33(16-11-30)48-28(4)42/h8-19,23,26H,5-7,20-22,24-25H2,1-4H3,(H,38,39)/t26-/m0/s1. The normalized spacial score (nSPS) is 12.2. The number of rotatable bonds is 19. The summed E-state index contributed by atoms with van der Waals surface area (Å²) in [5.74, 6) is -0.0584. The lowest BCUT2D eigenvalue weighted by molar-refractivity contribution is -0.132. The zero-order valence-corrected chi connectivity index (χ0v) is 29.9. The average Bonchev–Trinajstić information content (AvgIpc) is 3.06. The van der Waals surface area contributed by atoms with Crippen LogP contribution in [0.1, 0.15) is 51.7 Å². The van der Waals surface area contributed by atoms with E-state index in [-0.39, 0.29) is 25.9 Å². The second-order valence-electron chi connectivity index (χ2n) is 11.4. The van der Waals surface area contributed by atoms with Gasteiger partial charge in [0, 0.05) is 48.7 Å². The van der Waals surface area contributed by atoms with Crippen molar-refractivity contribution < 1.29 is 37.2 Å². The zero-order chi connectivity index (χ0) is 35.2. The number of phosphoric acid groups is 1. The predicted octanol–water partition coefficient (Wildman–Crippen LogP) is 8.20. The number of fused-ring (bicyclic) bond motifs is 1. The van der Waals surface area contributed by atoms with Crippen LogP contribution in [0, 0.1) is 0 Å². The molecule has 0 aliphatic heterocycles. The molecule has 0 aliphatic carbocycles. The predicted molar refractivity (Wildman–Crippen MR) is 190 cm³/mol. The number of hydrogen-bond acceptors (Lipinski definition) is 11. The first kappa shape index (κ1) is 38.0. The Bertz CT molecular complexity index is 1650. The Labute approximate surface area is 292 Å². The molecule has 1 N–H and O–H groups in total. The highest BCUT2D eigenvalue weighted by Gasteiger charge is 2.27. The van der Waals surface area contributed by atoms with Gasteiger partial charge in [-0.3, -0.25) is 28.1 Å². The zero-order valence-electron chi connectivity index (χ0n) is 28.2. The summed E-state index contributed by atoms with van der Waals surface area (Å²) in [6.45, 7) is 9.04. The minimum Gasteiger partial charge on any atom is -0.427 e. The van der Waals surface area contributed by atoms with Gasteiger partial charge in [-0.25, -0.2) is 4.57 Å². The van der Waals surface area contributed by atoms with Gasteiger partial charge in [0.25, 0.3) is 0 Å². The molecule has 0 amide bonds. The highest BCUT2D eigenvalue weighted by molar-refractivity contribution is 7.48. The van der Waals surface area contributed by atoms with Crippen molar-refractivity contribution in [1.82, 2.24) is 9.88 Å². The Hall–Kier alpha value is -3.83. The van der Waals surface area contributed by atoms with Crippen molar-refractivity contribution in [3.8, 4) is 11.5 Å². The van der Waals surface area contributed by atoms with E-state index < -0.39 is 19.8 Å². The van der Waals surface area contributed by atoms with Gasteiger partial charge < -0.3 is 19.7 Å². The van der Waals surface area contributed by atoms with Crippen LogP contribution in [0.5, 0.6) is 11.5 Å². The number of benzene rings is 3. The molecule has 3 aromatic carbocycles. The van der Waals surface area contributed by atoms with Gasteiger partial charge in [-0.1, -0.05) is 42.8 Å². The highest BCUT2D eigenvalue weighted by Crippen LogP contribution is 2.51. The van der Waals surface area contributed by atoms with Gasteiger partial charge in [0.1, 0.15) is 11.5 Å². The Morgan fingerprint density at radius 2 is 1.45 bits per heavy atom. The van der Waals surface area contributed by atoms with Crippen LogP contribution >= 0.6 is 19.4 Å². The largest absolute Gasteiger partial charge is 0.475 e. The van der Waals surface area contributed by atoms with Gasteiger partial charge in [0.15, 0.2) is 0 Å². The number of ether oxygens (including phenoxy) is 2. The van der Waals surface area contributed by atoms with Crippen molar-refractivity contribution in [2.75, 3.05) is 31.6 Å². The van der Waals surface area contributed by atoms with Crippen LogP contribution in [0.3, 0.4) is 0 Å². The molecule has 4 aromatic rings. The van der Waals surface area contributed by atoms with E-state index in [0.29, 0.717) is 34.2 Å². The molecule has 0 bridgehead atoms. The molecule has 1 heterocycles. The minimum absolute atomic E-state index is 0.0504. The van der Waals surface area contributed by atoms with Crippen molar-refractivity contribution in [3.63, 3.8) is 0 Å². The number of likely N-dealkylation sites (N-methyl/N-ethyl adjacent to an activating group) is 1. The van der Waals surface area contributed by atoms with Gasteiger partial charge >= 0.3 is 19.8 Å². The maximum atomic E-state index is 13.8. The van der Waals surface area contributed by atoms with Crippen molar-refractivity contribution in [2.45, 2.75) is 59.8 Å². The number of hydrogen-bond donors (Lipinski definition) is 1. The fourth-order valence-corrected chi connectivity index (χ4v) is 6.28. The smallest absolute Gasteiger partial charge is 0.427 e. The third kappa shape index (κ3) is 12.9. The molecule has 262 valence electrons. The molecule has 0 aliphatic rings. The molecule has 0 unspecified atom stereocenters. The Balaban J connectivity index is 1.30. The molecule has 0 saturated heterocycles. The van der Waals surface area contributed by atoms with Crippen LogP contribution in [0.2, 0.25) is 5.02 Å². The lowest BCUT2D eigenvalue weighted by Gasteiger charge is -2.24. The number of phosphoric ester groups is 1. The average molecular weight is 712 g/mol. The third-order valence-corrected chi connectivity index (χ3v) is 9.10. The van der Waals surface area contributed by atoms with Crippen LogP contribution in [0.4, 0.5) is 5.69 Å². The maximum absolute atomic E-state index is 13.8. The molecule has 4 rings (SSSR count). The molecular weight excluding hydrogens is 669 g/mol. The van der Waals surface area contributed by atoms with Crippen LogP contribution in [0.15, 0.2) is 79.0 Å². The summed E-state index contributed by atoms with van der Waals surface area (Å²) >= 11 is 6.14. The molecule has 0 radical (unpaired) electrons. The number of pyridine rings is 1. The molecule has 13 heteroatoms. The quantitative estimate of drug-likeness (QED) is 0.0575. The van der Waals surface area contributed by atoms with Gasteiger partial charge in [-0.05, 0) is 92.5 Å². The first-order chi connectivity index (χ1) is 23.5. The lowest BCUT2D eigenvalue weighted by Crippen LogP contribution is -2.29. The molecule has 0 fully saturated rings. The van der Waals surface area contributed by atoms with Crippen molar-refractivity contribution in [2.24, 2.45) is 0 Å². The first-order valence-electron chi connectivity index (χ1n) is 16.1. The fraction of sp³-hybridized carbons (Fsp3) is 0.361. The number of anilines is 1. The van der Waals surface area contributed by atoms with Crippen LogP contribution in [0.25, 0.3) is 10.9 Å². The number of halogens is 1. The van der Waals surface area contributed by atoms with Crippen molar-refractivity contribution in [1.29, 1.82) is 0 Å². The highest BCUT2D eigenvalue weighted by atomic mass is 35.5. The van der Waals surface area contributed by atoms with E-state index in [1.165, 1.54) is 13.8 Å². The molecule has 49 heavy (non-hydrogen) atoms. The van der Waals surface area contributed by atoms with E-state index in [2.05, 4.69) is 29.0 Å². The Morgan fingerprint density at radius 3 is 2.00 bits per heavy atom. The molecule has 0 spiro atoms. The Morgan fingerprint density at radius 1 is 0.857 bits per heavy atom. The topological polar surface area (TPSA) is 126 Å². The van der Waals surface area contributed by atoms with E-state index in [1.807, 2.05) is 24.3 Å². The number of nitrogens with zero attached hydrogens (tertiary/aromatic N) is 2. The number of aromatic nitrogens is 1. The van der Waals surface area contributed by atoms with E-state index >= 15 is 0 Å². The molecular formula is C36H43ClN3O8P. The molecule has 0 saturated carbocycles.